The molecule has 0 aromatic rings. The molecule has 0 heterocycles. The molecule has 2 heteroatoms. The Hall–Kier alpha value is -0.0800. The van der Waals surface area contributed by atoms with Crippen molar-refractivity contribution in [2.75, 3.05) is 20.1 Å². The van der Waals surface area contributed by atoms with Crippen LogP contribution in [0.1, 0.15) is 52.4 Å². The number of hydrogen-bond donors (Lipinski definition) is 2. The highest BCUT2D eigenvalue weighted by Gasteiger charge is 2.16. The predicted octanol–water partition coefficient (Wildman–Crippen LogP) is 2.79. The zero-order chi connectivity index (χ0) is 11.8. The summed E-state index contributed by atoms with van der Waals surface area (Å²) >= 11 is 0. The third kappa shape index (κ3) is 5.31. The Balaban J connectivity index is 2.24. The van der Waals surface area contributed by atoms with Crippen LogP contribution < -0.4 is 10.6 Å². The largest absolute Gasteiger partial charge is 0.319 e. The summed E-state index contributed by atoms with van der Waals surface area (Å²) in [6.07, 6.45) is 8.53. The minimum Gasteiger partial charge on any atom is -0.319 e. The van der Waals surface area contributed by atoms with Crippen molar-refractivity contribution in [3.05, 3.63) is 0 Å². The molecule has 0 aromatic carbocycles. The molecule has 1 saturated carbocycles. The molecule has 1 atom stereocenters. The molecule has 1 aliphatic carbocycles. The van der Waals surface area contributed by atoms with Crippen LogP contribution in [-0.2, 0) is 0 Å². The van der Waals surface area contributed by atoms with Gasteiger partial charge in [0, 0.05) is 6.04 Å². The van der Waals surface area contributed by atoms with Gasteiger partial charge in [-0.25, -0.2) is 0 Å². The van der Waals surface area contributed by atoms with E-state index in [0.29, 0.717) is 0 Å². The molecule has 1 rings (SSSR count). The lowest BCUT2D eigenvalue weighted by Crippen LogP contribution is -2.38. The quantitative estimate of drug-likeness (QED) is 0.681. The van der Waals surface area contributed by atoms with Gasteiger partial charge in [-0.3, -0.25) is 0 Å². The lowest BCUT2D eigenvalue weighted by atomic mass is 9.95. The van der Waals surface area contributed by atoms with Crippen molar-refractivity contribution in [3.63, 3.8) is 0 Å². The molecule has 0 saturated heterocycles. The molecule has 0 aromatic heterocycles. The van der Waals surface area contributed by atoms with Gasteiger partial charge in [0.2, 0.25) is 0 Å². The summed E-state index contributed by atoms with van der Waals surface area (Å²) in [5.41, 5.74) is 0. The summed E-state index contributed by atoms with van der Waals surface area (Å²) < 4.78 is 0. The van der Waals surface area contributed by atoms with Crippen molar-refractivity contribution < 1.29 is 0 Å². The Morgan fingerprint density at radius 2 is 1.62 bits per heavy atom. The molecule has 1 fully saturated rings. The van der Waals surface area contributed by atoms with Gasteiger partial charge in [-0.15, -0.1) is 0 Å². The van der Waals surface area contributed by atoms with Crippen molar-refractivity contribution in [3.8, 4) is 0 Å². The minimum atomic E-state index is 0.769. The lowest BCUT2D eigenvalue weighted by molar-refractivity contribution is 0.324. The van der Waals surface area contributed by atoms with Crippen LogP contribution in [0, 0.1) is 11.8 Å². The van der Waals surface area contributed by atoms with Crippen molar-refractivity contribution in [2.24, 2.45) is 11.8 Å². The van der Waals surface area contributed by atoms with E-state index in [1.54, 1.807) is 0 Å². The van der Waals surface area contributed by atoms with E-state index < -0.39 is 0 Å². The summed E-state index contributed by atoms with van der Waals surface area (Å²) in [6.45, 7) is 6.98. The van der Waals surface area contributed by atoms with Crippen LogP contribution in [0.2, 0.25) is 0 Å². The van der Waals surface area contributed by atoms with Gasteiger partial charge in [0.15, 0.2) is 0 Å². The summed E-state index contributed by atoms with van der Waals surface area (Å²) in [7, 11) is 2.06. The van der Waals surface area contributed by atoms with Crippen molar-refractivity contribution in [1.82, 2.24) is 10.6 Å². The van der Waals surface area contributed by atoms with Crippen LogP contribution in [0.4, 0.5) is 0 Å². The summed E-state index contributed by atoms with van der Waals surface area (Å²) in [4.78, 5) is 0. The molecule has 0 amide bonds. The Morgan fingerprint density at radius 1 is 1.00 bits per heavy atom. The highest BCUT2D eigenvalue weighted by Crippen LogP contribution is 2.18. The molecular formula is C14H30N2. The average molecular weight is 226 g/mol. The van der Waals surface area contributed by atoms with Crippen molar-refractivity contribution in [1.29, 1.82) is 0 Å². The standard InChI is InChI=1S/C14H30N2/c1-12(2)13(10-15-3)11-16-14-8-6-4-5-7-9-14/h12-16H,4-11H2,1-3H3. The second kappa shape index (κ2) is 8.08. The average Bonchev–Trinajstić information content (AvgIpc) is 2.52. The van der Waals surface area contributed by atoms with E-state index in [0.717, 1.165) is 24.4 Å². The zero-order valence-electron chi connectivity index (χ0n) is 11.4. The van der Waals surface area contributed by atoms with Crippen molar-refractivity contribution in [2.45, 2.75) is 58.4 Å². The van der Waals surface area contributed by atoms with Gasteiger partial charge >= 0.3 is 0 Å². The fourth-order valence-electron chi connectivity index (χ4n) is 2.61. The molecule has 2 N–H and O–H groups in total. The first-order valence-electron chi connectivity index (χ1n) is 7.12. The first-order valence-corrected chi connectivity index (χ1v) is 7.12. The molecule has 96 valence electrons. The zero-order valence-corrected chi connectivity index (χ0v) is 11.4. The van der Waals surface area contributed by atoms with Gasteiger partial charge in [0.25, 0.3) is 0 Å². The molecule has 0 aliphatic heterocycles. The molecule has 1 aliphatic rings. The molecule has 16 heavy (non-hydrogen) atoms. The van der Waals surface area contributed by atoms with E-state index in [9.17, 15) is 0 Å². The van der Waals surface area contributed by atoms with Crippen LogP contribution in [0.3, 0.4) is 0 Å². The molecule has 0 radical (unpaired) electrons. The Kier molecular flexibility index (Phi) is 7.06. The molecule has 1 unspecified atom stereocenters. The van der Waals surface area contributed by atoms with Crippen LogP contribution in [0.25, 0.3) is 0 Å². The van der Waals surface area contributed by atoms with Gasteiger partial charge in [-0.1, -0.05) is 39.5 Å². The fraction of sp³-hybridized carbons (Fsp3) is 1.00. The minimum absolute atomic E-state index is 0.769. The highest BCUT2D eigenvalue weighted by atomic mass is 14.9. The Labute approximate surface area is 102 Å². The maximum Gasteiger partial charge on any atom is 0.00671 e. The first kappa shape index (κ1) is 14.0. The molecule has 0 bridgehead atoms. The van der Waals surface area contributed by atoms with Gasteiger partial charge in [-0.2, -0.15) is 0 Å². The molecular weight excluding hydrogens is 196 g/mol. The SMILES string of the molecule is CNCC(CNC1CCCCCC1)C(C)C. The predicted molar refractivity (Wildman–Crippen MR) is 71.7 cm³/mol. The van der Waals surface area contributed by atoms with Crippen LogP contribution in [0.5, 0.6) is 0 Å². The highest BCUT2D eigenvalue weighted by molar-refractivity contribution is 4.74. The van der Waals surface area contributed by atoms with E-state index >= 15 is 0 Å². The smallest absolute Gasteiger partial charge is 0.00671 e. The van der Waals surface area contributed by atoms with Crippen LogP contribution in [-0.4, -0.2) is 26.2 Å². The van der Waals surface area contributed by atoms with Gasteiger partial charge < -0.3 is 10.6 Å². The maximum absolute atomic E-state index is 3.79. The third-order valence-corrected chi connectivity index (χ3v) is 3.93. The third-order valence-electron chi connectivity index (χ3n) is 3.93. The maximum atomic E-state index is 3.79. The van der Waals surface area contributed by atoms with E-state index in [1.807, 2.05) is 0 Å². The second-order valence-corrected chi connectivity index (χ2v) is 5.66. The van der Waals surface area contributed by atoms with Gasteiger partial charge in [0.1, 0.15) is 0 Å². The molecule has 2 nitrogen and oxygen atoms in total. The Morgan fingerprint density at radius 3 is 2.12 bits per heavy atom. The first-order chi connectivity index (χ1) is 7.74. The van der Waals surface area contributed by atoms with E-state index in [4.69, 9.17) is 0 Å². The lowest BCUT2D eigenvalue weighted by Gasteiger charge is -2.24. The summed E-state index contributed by atoms with van der Waals surface area (Å²) in [5, 5.41) is 7.10. The van der Waals surface area contributed by atoms with E-state index in [-0.39, 0.29) is 0 Å². The van der Waals surface area contributed by atoms with Crippen LogP contribution in [0.15, 0.2) is 0 Å². The van der Waals surface area contributed by atoms with Crippen LogP contribution >= 0.6 is 0 Å². The second-order valence-electron chi connectivity index (χ2n) is 5.66. The Bertz CT molecular complexity index is 160. The van der Waals surface area contributed by atoms with E-state index in [1.165, 1.54) is 45.1 Å². The summed E-state index contributed by atoms with van der Waals surface area (Å²) in [5.74, 6) is 1.54. The molecule has 0 spiro atoms. The monoisotopic (exact) mass is 226 g/mol. The number of nitrogens with one attached hydrogen (secondary N) is 2. The normalized spacial score (nSPS) is 21.0. The number of hydrogen-bond acceptors (Lipinski definition) is 2. The summed E-state index contributed by atoms with van der Waals surface area (Å²) in [6, 6.07) is 0.792. The van der Waals surface area contributed by atoms with E-state index in [2.05, 4.69) is 31.5 Å². The van der Waals surface area contributed by atoms with Gasteiger partial charge in [0.05, 0.1) is 0 Å². The topological polar surface area (TPSA) is 24.1 Å². The fourth-order valence-corrected chi connectivity index (χ4v) is 2.61. The van der Waals surface area contributed by atoms with Crippen molar-refractivity contribution >= 4 is 0 Å². The number of rotatable bonds is 6. The van der Waals surface area contributed by atoms with Gasteiger partial charge in [-0.05, 0) is 44.8 Å².